The van der Waals surface area contributed by atoms with E-state index in [9.17, 15) is 0 Å². The van der Waals surface area contributed by atoms with Crippen molar-refractivity contribution in [1.82, 2.24) is 0 Å². The molecule has 0 aromatic rings. The molecular weight excluding hydrogens is 200 g/mol. The second kappa shape index (κ2) is 2.48. The number of hydrogen-bond donors (Lipinski definition) is 0. The summed E-state index contributed by atoms with van der Waals surface area (Å²) >= 11 is 3.56. The van der Waals surface area contributed by atoms with E-state index < -0.39 is 0 Å². The molecule has 1 rings (SSSR count). The summed E-state index contributed by atoms with van der Waals surface area (Å²) in [7, 11) is 0. The van der Waals surface area contributed by atoms with Gasteiger partial charge in [0.2, 0.25) is 0 Å². The zero-order valence-electron chi connectivity index (χ0n) is 8.24. The minimum atomic E-state index is 0.556. The van der Waals surface area contributed by atoms with Crippen LogP contribution in [-0.2, 0) is 0 Å². The third-order valence-corrected chi connectivity index (χ3v) is 4.97. The van der Waals surface area contributed by atoms with Crippen molar-refractivity contribution in [3.63, 3.8) is 0 Å². The molecule has 1 heteroatoms. The first kappa shape index (κ1) is 9.57. The highest BCUT2D eigenvalue weighted by molar-refractivity contribution is 9.09. The van der Waals surface area contributed by atoms with Gasteiger partial charge in [0.25, 0.3) is 0 Å². The van der Waals surface area contributed by atoms with E-state index in [0.29, 0.717) is 10.8 Å². The topological polar surface area (TPSA) is 0 Å². The van der Waals surface area contributed by atoms with Gasteiger partial charge in [-0.25, -0.2) is 0 Å². The molecule has 0 aliphatic heterocycles. The van der Waals surface area contributed by atoms with E-state index in [1.165, 1.54) is 0 Å². The van der Waals surface area contributed by atoms with Gasteiger partial charge in [0.15, 0.2) is 0 Å². The molecule has 0 spiro atoms. The van der Waals surface area contributed by atoms with Gasteiger partial charge in [-0.2, -0.15) is 0 Å². The van der Waals surface area contributed by atoms with Crippen LogP contribution in [0.3, 0.4) is 0 Å². The van der Waals surface area contributed by atoms with Crippen molar-refractivity contribution in [3.8, 4) is 0 Å². The Morgan fingerprint density at radius 3 is 1.64 bits per heavy atom. The summed E-state index contributed by atoms with van der Waals surface area (Å²) < 4.78 is 0. The van der Waals surface area contributed by atoms with Crippen LogP contribution in [0.4, 0.5) is 0 Å². The average molecular weight is 219 g/mol. The quantitative estimate of drug-likeness (QED) is 0.621. The first-order chi connectivity index (χ1) is 4.85. The van der Waals surface area contributed by atoms with Gasteiger partial charge < -0.3 is 0 Å². The van der Waals surface area contributed by atoms with Gasteiger partial charge in [-0.05, 0) is 22.7 Å². The molecule has 0 aromatic carbocycles. The lowest BCUT2D eigenvalue weighted by Gasteiger charge is -2.08. The largest absolute Gasteiger partial charge is 0.0925 e. The molecule has 1 unspecified atom stereocenters. The zero-order valence-corrected chi connectivity index (χ0v) is 9.83. The Morgan fingerprint density at radius 2 is 1.55 bits per heavy atom. The van der Waals surface area contributed by atoms with Crippen molar-refractivity contribution in [3.05, 3.63) is 0 Å². The van der Waals surface area contributed by atoms with Gasteiger partial charge in [-0.3, -0.25) is 0 Å². The maximum atomic E-state index is 3.56. The fraction of sp³-hybridized carbons (Fsp3) is 1.00. The molecule has 0 nitrogen and oxygen atoms in total. The van der Waals surface area contributed by atoms with Crippen molar-refractivity contribution in [2.24, 2.45) is 22.7 Å². The van der Waals surface area contributed by atoms with Gasteiger partial charge in [0.1, 0.15) is 0 Å². The molecular formula is C10H19Br. The van der Waals surface area contributed by atoms with Crippen LogP contribution in [0.25, 0.3) is 0 Å². The first-order valence-electron chi connectivity index (χ1n) is 4.41. The Labute approximate surface area is 78.9 Å². The molecule has 0 bridgehead atoms. The van der Waals surface area contributed by atoms with Crippen LogP contribution in [0.2, 0.25) is 0 Å². The molecule has 66 valence electrons. The predicted molar refractivity (Wildman–Crippen MR) is 54.0 cm³/mol. The van der Waals surface area contributed by atoms with Crippen LogP contribution in [0.15, 0.2) is 0 Å². The Balaban J connectivity index is 2.67. The summed E-state index contributed by atoms with van der Waals surface area (Å²) in [5.41, 5.74) is 1.11. The third-order valence-electron chi connectivity index (χ3n) is 3.94. The van der Waals surface area contributed by atoms with Crippen LogP contribution in [0.1, 0.15) is 34.6 Å². The second-order valence-corrected chi connectivity index (χ2v) is 5.70. The monoisotopic (exact) mass is 218 g/mol. The highest BCUT2D eigenvalue weighted by Gasteiger charge is 2.65. The van der Waals surface area contributed by atoms with Crippen LogP contribution in [0, 0.1) is 22.7 Å². The Morgan fingerprint density at radius 1 is 1.18 bits per heavy atom. The first-order valence-corrected chi connectivity index (χ1v) is 5.54. The maximum absolute atomic E-state index is 3.56. The molecule has 11 heavy (non-hydrogen) atoms. The summed E-state index contributed by atoms with van der Waals surface area (Å²) in [4.78, 5) is 0. The predicted octanol–water partition coefficient (Wildman–Crippen LogP) is 3.70. The molecule has 0 heterocycles. The number of hydrogen-bond acceptors (Lipinski definition) is 0. The normalized spacial score (nSPS) is 30.0. The standard InChI is InChI=1S/C10H19Br/c1-7(6-11)8-9(2,3)10(8,4)5/h7-8H,6H2,1-5H3. The molecule has 0 aromatic heterocycles. The molecule has 0 radical (unpaired) electrons. The van der Waals surface area contributed by atoms with E-state index >= 15 is 0 Å². The van der Waals surface area contributed by atoms with Gasteiger partial charge in [-0.1, -0.05) is 50.5 Å². The fourth-order valence-electron chi connectivity index (χ4n) is 2.76. The molecule has 1 fully saturated rings. The minimum Gasteiger partial charge on any atom is -0.0925 e. The summed E-state index contributed by atoms with van der Waals surface area (Å²) in [5.74, 6) is 1.72. The number of halogens is 1. The Bertz CT molecular complexity index is 144. The maximum Gasteiger partial charge on any atom is 0.00600 e. The summed E-state index contributed by atoms with van der Waals surface area (Å²) in [5, 5.41) is 1.14. The lowest BCUT2D eigenvalue weighted by atomic mass is 10.0. The number of rotatable bonds is 2. The van der Waals surface area contributed by atoms with Crippen LogP contribution in [0.5, 0.6) is 0 Å². The molecule has 0 N–H and O–H groups in total. The van der Waals surface area contributed by atoms with Crippen molar-refractivity contribution < 1.29 is 0 Å². The van der Waals surface area contributed by atoms with E-state index in [1.807, 2.05) is 0 Å². The summed E-state index contributed by atoms with van der Waals surface area (Å²) in [6.45, 7) is 11.9. The molecule has 0 saturated heterocycles. The van der Waals surface area contributed by atoms with Gasteiger partial charge in [0, 0.05) is 5.33 Å². The third kappa shape index (κ3) is 1.16. The van der Waals surface area contributed by atoms with Gasteiger partial charge in [-0.15, -0.1) is 0 Å². The van der Waals surface area contributed by atoms with E-state index in [-0.39, 0.29) is 0 Å². The van der Waals surface area contributed by atoms with E-state index in [1.54, 1.807) is 0 Å². The average Bonchev–Trinajstić information content (AvgIpc) is 2.24. The smallest absolute Gasteiger partial charge is 0.00600 e. The minimum absolute atomic E-state index is 0.556. The van der Waals surface area contributed by atoms with Crippen LogP contribution >= 0.6 is 15.9 Å². The molecule has 1 saturated carbocycles. The molecule has 1 atom stereocenters. The zero-order chi connectivity index (χ0) is 8.86. The highest BCUT2D eigenvalue weighted by Crippen LogP contribution is 2.71. The van der Waals surface area contributed by atoms with E-state index in [2.05, 4.69) is 50.5 Å². The van der Waals surface area contributed by atoms with E-state index in [4.69, 9.17) is 0 Å². The Hall–Kier alpha value is 0.480. The van der Waals surface area contributed by atoms with Crippen molar-refractivity contribution >= 4 is 15.9 Å². The summed E-state index contributed by atoms with van der Waals surface area (Å²) in [6.07, 6.45) is 0. The molecule has 1 aliphatic rings. The molecule has 1 aliphatic carbocycles. The van der Waals surface area contributed by atoms with Crippen LogP contribution < -0.4 is 0 Å². The molecule has 0 amide bonds. The highest BCUT2D eigenvalue weighted by atomic mass is 79.9. The summed E-state index contributed by atoms with van der Waals surface area (Å²) in [6, 6.07) is 0. The SMILES string of the molecule is CC(CBr)C1C(C)(C)C1(C)C. The fourth-order valence-corrected chi connectivity index (χ4v) is 3.13. The van der Waals surface area contributed by atoms with E-state index in [0.717, 1.165) is 17.2 Å². The number of alkyl halides is 1. The lowest BCUT2D eigenvalue weighted by Crippen LogP contribution is -2.04. The Kier molecular flexibility index (Phi) is 2.16. The second-order valence-electron chi connectivity index (χ2n) is 5.05. The van der Waals surface area contributed by atoms with Gasteiger partial charge >= 0.3 is 0 Å². The van der Waals surface area contributed by atoms with Crippen molar-refractivity contribution in [2.45, 2.75) is 34.6 Å². The van der Waals surface area contributed by atoms with Crippen molar-refractivity contribution in [1.29, 1.82) is 0 Å². The van der Waals surface area contributed by atoms with Crippen molar-refractivity contribution in [2.75, 3.05) is 5.33 Å². The lowest BCUT2D eigenvalue weighted by molar-refractivity contribution is 0.457. The van der Waals surface area contributed by atoms with Crippen LogP contribution in [-0.4, -0.2) is 5.33 Å². The van der Waals surface area contributed by atoms with Gasteiger partial charge in [0.05, 0.1) is 0 Å².